The summed E-state index contributed by atoms with van der Waals surface area (Å²) < 4.78 is 10.3. The molecule has 0 aliphatic heterocycles. The summed E-state index contributed by atoms with van der Waals surface area (Å²) in [5.41, 5.74) is -1.60. The summed E-state index contributed by atoms with van der Waals surface area (Å²) in [5, 5.41) is 16.3. The van der Waals surface area contributed by atoms with Crippen molar-refractivity contribution in [3.63, 3.8) is 0 Å². The van der Waals surface area contributed by atoms with Gasteiger partial charge in [0.2, 0.25) is 11.7 Å². The lowest BCUT2D eigenvalue weighted by atomic mass is 9.74. The largest absolute Gasteiger partial charge is 0.481 e. The molecule has 0 amide bonds. The monoisotopic (exact) mass is 293 g/mol. The fourth-order valence-electron chi connectivity index (χ4n) is 1.62. The van der Waals surface area contributed by atoms with Crippen LogP contribution in [0.3, 0.4) is 0 Å². The average Bonchev–Trinajstić information content (AvgIpc) is 3.07. The predicted molar refractivity (Wildman–Crippen MR) is 74.3 cm³/mol. The van der Waals surface area contributed by atoms with E-state index in [4.69, 9.17) is 8.94 Å². The van der Waals surface area contributed by atoms with Crippen LogP contribution in [0.25, 0.3) is 11.6 Å². The number of carboxylic acids is 1. The van der Waals surface area contributed by atoms with Crippen LogP contribution in [0.4, 0.5) is 0 Å². The highest BCUT2D eigenvalue weighted by Gasteiger charge is 2.43. The molecule has 2 aromatic rings. The molecule has 0 aliphatic carbocycles. The zero-order valence-electron chi connectivity index (χ0n) is 12.5. The van der Waals surface area contributed by atoms with Crippen molar-refractivity contribution >= 4 is 5.97 Å². The first kappa shape index (κ1) is 15.2. The summed E-state index contributed by atoms with van der Waals surface area (Å²) >= 11 is 0. The summed E-state index contributed by atoms with van der Waals surface area (Å²) in [4.78, 5) is 15.5. The number of nitrogens with one attached hydrogen (secondary N) is 1. The van der Waals surface area contributed by atoms with Gasteiger partial charge in [0.1, 0.15) is 0 Å². The van der Waals surface area contributed by atoms with E-state index in [2.05, 4.69) is 15.5 Å². The lowest BCUT2D eigenvalue weighted by molar-refractivity contribution is -0.151. The molecular weight excluding hydrogens is 274 g/mol. The maximum Gasteiger partial charge on any atom is 0.310 e. The molecule has 7 nitrogen and oxygen atoms in total. The third kappa shape index (κ3) is 2.97. The third-order valence-corrected chi connectivity index (χ3v) is 3.99. The highest BCUT2D eigenvalue weighted by atomic mass is 16.5. The standard InChI is InChI=1S/C14H19N3O4/c1-13(2,12(18)19)14(3,4)15-8-10-16-11(17-21-10)9-6-5-7-20-9/h5-7,15H,8H2,1-4H3,(H,18,19). The Morgan fingerprint density at radius 1 is 1.38 bits per heavy atom. The van der Waals surface area contributed by atoms with E-state index in [9.17, 15) is 9.90 Å². The van der Waals surface area contributed by atoms with Gasteiger partial charge in [0.25, 0.3) is 0 Å². The molecule has 2 heterocycles. The van der Waals surface area contributed by atoms with E-state index in [1.165, 1.54) is 6.26 Å². The van der Waals surface area contributed by atoms with Gasteiger partial charge in [-0.1, -0.05) is 5.16 Å². The minimum atomic E-state index is -0.948. The van der Waals surface area contributed by atoms with Crippen molar-refractivity contribution < 1.29 is 18.8 Å². The summed E-state index contributed by atoms with van der Waals surface area (Å²) in [6.45, 7) is 7.27. The lowest BCUT2D eigenvalue weighted by Crippen LogP contribution is -2.54. The lowest BCUT2D eigenvalue weighted by Gasteiger charge is -2.38. The number of furan rings is 1. The van der Waals surface area contributed by atoms with Gasteiger partial charge in [0.05, 0.1) is 18.2 Å². The molecule has 0 saturated heterocycles. The molecule has 7 heteroatoms. The van der Waals surface area contributed by atoms with Crippen LogP contribution in [0.2, 0.25) is 0 Å². The van der Waals surface area contributed by atoms with E-state index in [1.807, 2.05) is 13.8 Å². The second-order valence-corrected chi connectivity index (χ2v) is 5.90. The first-order chi connectivity index (χ1) is 9.74. The third-order valence-electron chi connectivity index (χ3n) is 3.99. The molecule has 2 rings (SSSR count). The van der Waals surface area contributed by atoms with Crippen LogP contribution < -0.4 is 5.32 Å². The number of rotatable bonds is 6. The van der Waals surface area contributed by atoms with Crippen LogP contribution in [0.15, 0.2) is 27.3 Å². The minimum absolute atomic E-state index is 0.275. The van der Waals surface area contributed by atoms with Gasteiger partial charge in [0.15, 0.2) is 5.76 Å². The molecule has 0 aliphatic rings. The van der Waals surface area contributed by atoms with Gasteiger partial charge in [0, 0.05) is 5.54 Å². The van der Waals surface area contributed by atoms with Gasteiger partial charge in [-0.05, 0) is 39.8 Å². The molecule has 0 spiro atoms. The molecule has 0 aromatic carbocycles. The van der Waals surface area contributed by atoms with Crippen LogP contribution in [0.1, 0.15) is 33.6 Å². The Labute approximate surface area is 122 Å². The van der Waals surface area contributed by atoms with E-state index in [1.54, 1.807) is 26.0 Å². The van der Waals surface area contributed by atoms with Crippen molar-refractivity contribution in [2.45, 2.75) is 39.8 Å². The average molecular weight is 293 g/mol. The Balaban J connectivity index is 2.05. The summed E-state index contributed by atoms with van der Waals surface area (Å²) in [5.74, 6) is 0.389. The Kier molecular flexibility index (Phi) is 3.87. The molecule has 0 unspecified atom stereocenters. The summed E-state index contributed by atoms with van der Waals surface area (Å²) in [7, 11) is 0. The molecule has 0 radical (unpaired) electrons. The quantitative estimate of drug-likeness (QED) is 0.842. The second-order valence-electron chi connectivity index (χ2n) is 5.90. The normalized spacial score (nSPS) is 12.6. The highest BCUT2D eigenvalue weighted by molar-refractivity contribution is 5.75. The van der Waals surface area contributed by atoms with Crippen molar-refractivity contribution in [1.29, 1.82) is 0 Å². The number of nitrogens with zero attached hydrogens (tertiary/aromatic N) is 2. The molecule has 21 heavy (non-hydrogen) atoms. The van der Waals surface area contributed by atoms with Gasteiger partial charge in [-0.25, -0.2) is 0 Å². The van der Waals surface area contributed by atoms with Gasteiger partial charge in [-0.15, -0.1) is 0 Å². The Hall–Kier alpha value is -2.15. The zero-order valence-corrected chi connectivity index (χ0v) is 12.5. The van der Waals surface area contributed by atoms with Crippen molar-refractivity contribution in [1.82, 2.24) is 15.5 Å². The zero-order chi connectivity index (χ0) is 15.7. The maximum absolute atomic E-state index is 11.3. The van der Waals surface area contributed by atoms with Crippen LogP contribution in [-0.2, 0) is 11.3 Å². The fourth-order valence-corrected chi connectivity index (χ4v) is 1.62. The number of hydrogen-bond acceptors (Lipinski definition) is 6. The molecule has 0 atom stereocenters. The Bertz CT molecular complexity index is 614. The van der Waals surface area contributed by atoms with E-state index in [0.29, 0.717) is 17.5 Å². The number of aliphatic carboxylic acids is 1. The van der Waals surface area contributed by atoms with Crippen molar-refractivity contribution in [3.05, 3.63) is 24.3 Å². The summed E-state index contributed by atoms with van der Waals surface area (Å²) in [6, 6.07) is 3.47. The number of carboxylic acid groups (broad SMARTS) is 1. The molecular formula is C14H19N3O4. The first-order valence-corrected chi connectivity index (χ1v) is 6.59. The van der Waals surface area contributed by atoms with Gasteiger partial charge < -0.3 is 19.4 Å². The van der Waals surface area contributed by atoms with Crippen molar-refractivity contribution in [3.8, 4) is 11.6 Å². The highest BCUT2D eigenvalue weighted by Crippen LogP contribution is 2.31. The smallest absolute Gasteiger partial charge is 0.310 e. The number of carbonyl (C=O) groups is 1. The van der Waals surface area contributed by atoms with Crippen LogP contribution >= 0.6 is 0 Å². The second kappa shape index (κ2) is 5.33. The van der Waals surface area contributed by atoms with Crippen molar-refractivity contribution in [2.75, 3.05) is 0 Å². The molecule has 0 saturated carbocycles. The first-order valence-electron chi connectivity index (χ1n) is 6.59. The molecule has 0 fully saturated rings. The molecule has 2 aromatic heterocycles. The predicted octanol–water partition coefficient (Wildman–Crippen LogP) is 2.31. The van der Waals surface area contributed by atoms with Gasteiger partial charge in [-0.3, -0.25) is 4.79 Å². The van der Waals surface area contributed by atoms with E-state index in [0.717, 1.165) is 0 Å². The molecule has 114 valence electrons. The Morgan fingerprint density at radius 3 is 2.67 bits per heavy atom. The minimum Gasteiger partial charge on any atom is -0.481 e. The van der Waals surface area contributed by atoms with Gasteiger partial charge >= 0.3 is 5.97 Å². The van der Waals surface area contributed by atoms with E-state index < -0.39 is 16.9 Å². The number of aromatic nitrogens is 2. The van der Waals surface area contributed by atoms with Crippen LogP contribution in [-0.4, -0.2) is 26.8 Å². The fraction of sp³-hybridized carbons (Fsp3) is 0.500. The Morgan fingerprint density at radius 2 is 2.10 bits per heavy atom. The van der Waals surface area contributed by atoms with Crippen LogP contribution in [0, 0.1) is 5.41 Å². The molecule has 0 bridgehead atoms. The van der Waals surface area contributed by atoms with Crippen LogP contribution in [0.5, 0.6) is 0 Å². The van der Waals surface area contributed by atoms with Crippen molar-refractivity contribution in [2.24, 2.45) is 5.41 Å². The maximum atomic E-state index is 11.3. The number of hydrogen-bond donors (Lipinski definition) is 2. The topological polar surface area (TPSA) is 101 Å². The van der Waals surface area contributed by atoms with E-state index in [-0.39, 0.29) is 6.54 Å². The van der Waals surface area contributed by atoms with Gasteiger partial charge in [-0.2, -0.15) is 4.98 Å². The summed E-state index contributed by atoms with van der Waals surface area (Å²) in [6.07, 6.45) is 1.53. The SMILES string of the molecule is CC(C)(NCc1nc(-c2ccco2)no1)C(C)(C)C(=O)O. The van der Waals surface area contributed by atoms with E-state index >= 15 is 0 Å². The molecule has 2 N–H and O–H groups in total.